The van der Waals surface area contributed by atoms with Gasteiger partial charge in [-0.1, -0.05) is 30.4 Å². The molecule has 3 heteroatoms. The molecule has 0 heterocycles. The van der Waals surface area contributed by atoms with E-state index in [1.54, 1.807) is 0 Å². The Morgan fingerprint density at radius 3 is 2.77 bits per heavy atom. The van der Waals surface area contributed by atoms with Gasteiger partial charge >= 0.3 is 0 Å². The van der Waals surface area contributed by atoms with Crippen LogP contribution in [0.1, 0.15) is 29.2 Å². The van der Waals surface area contributed by atoms with Crippen LogP contribution in [0.25, 0.3) is 16.8 Å². The molecule has 3 aromatic rings. The molecule has 0 amide bonds. The third-order valence-electron chi connectivity index (χ3n) is 4.89. The lowest BCUT2D eigenvalue weighted by atomic mass is 9.89. The molecule has 0 radical (unpaired) electrons. The van der Waals surface area contributed by atoms with Gasteiger partial charge in [0.15, 0.2) is 0 Å². The number of aliphatic hydroxyl groups is 1. The number of aryl methyl sites for hydroxylation is 1. The lowest BCUT2D eigenvalue weighted by molar-refractivity contribution is 0.311. The van der Waals surface area contributed by atoms with E-state index in [0.717, 1.165) is 17.8 Å². The number of anilines is 2. The summed E-state index contributed by atoms with van der Waals surface area (Å²) in [6, 6.07) is 19.7. The zero-order valence-electron chi connectivity index (χ0n) is 15.0. The second kappa shape index (κ2) is 7.22. The summed E-state index contributed by atoms with van der Waals surface area (Å²) in [6.07, 6.45) is 5.45. The largest absolute Gasteiger partial charge is 0.395 e. The average molecular weight is 344 g/mol. The first-order valence-electron chi connectivity index (χ1n) is 9.15. The Morgan fingerprint density at radius 2 is 1.92 bits per heavy atom. The summed E-state index contributed by atoms with van der Waals surface area (Å²) in [6.45, 7) is 2.82. The molecule has 1 aliphatic rings. The van der Waals surface area contributed by atoms with Gasteiger partial charge in [0.05, 0.1) is 12.6 Å². The molecule has 26 heavy (non-hydrogen) atoms. The number of hydrogen-bond acceptors (Lipinski definition) is 3. The molecule has 3 nitrogen and oxygen atoms in total. The molecule has 3 aromatic carbocycles. The van der Waals surface area contributed by atoms with Crippen LogP contribution in [-0.2, 0) is 0 Å². The highest BCUT2D eigenvalue weighted by Gasteiger charge is 2.18. The number of hydrogen-bond donors (Lipinski definition) is 3. The van der Waals surface area contributed by atoms with Crippen LogP contribution >= 0.6 is 0 Å². The fourth-order valence-electron chi connectivity index (χ4n) is 3.62. The minimum Gasteiger partial charge on any atom is -0.395 e. The molecule has 1 aliphatic carbocycles. The summed E-state index contributed by atoms with van der Waals surface area (Å²) in [5.74, 6) is 0. The Labute approximate surface area is 154 Å². The third kappa shape index (κ3) is 3.44. The van der Waals surface area contributed by atoms with Crippen LogP contribution in [0.2, 0.25) is 0 Å². The maximum atomic E-state index is 9.01. The summed E-state index contributed by atoms with van der Waals surface area (Å²) in [5, 5.41) is 18.4. The van der Waals surface area contributed by atoms with E-state index in [0.29, 0.717) is 6.54 Å². The zero-order valence-corrected chi connectivity index (χ0v) is 15.0. The number of rotatable bonds is 5. The van der Waals surface area contributed by atoms with E-state index in [9.17, 15) is 0 Å². The third-order valence-corrected chi connectivity index (χ3v) is 4.89. The lowest BCUT2D eigenvalue weighted by Gasteiger charge is -2.25. The van der Waals surface area contributed by atoms with Gasteiger partial charge in [0.1, 0.15) is 0 Å². The maximum absolute atomic E-state index is 9.01. The van der Waals surface area contributed by atoms with Crippen LogP contribution in [0.3, 0.4) is 0 Å². The predicted octanol–water partition coefficient (Wildman–Crippen LogP) is 5.12. The van der Waals surface area contributed by atoms with E-state index in [-0.39, 0.29) is 12.6 Å². The van der Waals surface area contributed by atoms with Crippen molar-refractivity contribution in [2.24, 2.45) is 0 Å². The number of benzene rings is 3. The number of nitrogens with one attached hydrogen (secondary N) is 2. The standard InChI is InChI=1S/C23H24N2O/c1-16-4-2-6-21(12-16)25-23-7-3-5-18-13-17-8-9-20(24-10-11-26)14-19(17)15-22(18)23/h2-6,8-9,12-15,23-26H,7,10-11H2,1H3. The first kappa shape index (κ1) is 16.7. The molecule has 0 fully saturated rings. The van der Waals surface area contributed by atoms with Gasteiger partial charge in [-0.3, -0.25) is 0 Å². The van der Waals surface area contributed by atoms with Crippen molar-refractivity contribution in [2.45, 2.75) is 19.4 Å². The second-order valence-electron chi connectivity index (χ2n) is 6.90. The molecular formula is C23H24N2O. The minimum absolute atomic E-state index is 0.134. The quantitative estimate of drug-likeness (QED) is 0.602. The number of fused-ring (bicyclic) bond motifs is 2. The lowest BCUT2D eigenvalue weighted by Crippen LogP contribution is -2.13. The van der Waals surface area contributed by atoms with Gasteiger partial charge in [0.25, 0.3) is 0 Å². The highest BCUT2D eigenvalue weighted by atomic mass is 16.3. The van der Waals surface area contributed by atoms with Crippen molar-refractivity contribution >= 4 is 28.2 Å². The van der Waals surface area contributed by atoms with Gasteiger partial charge in [-0.05, 0) is 77.2 Å². The molecule has 0 bridgehead atoms. The smallest absolute Gasteiger partial charge is 0.0604 e. The summed E-state index contributed by atoms with van der Waals surface area (Å²) in [5.41, 5.74) is 6.08. The van der Waals surface area contributed by atoms with Crippen molar-refractivity contribution in [3.05, 3.63) is 77.4 Å². The Bertz CT molecular complexity index is 962. The fraction of sp³-hybridized carbons (Fsp3) is 0.217. The monoisotopic (exact) mass is 344 g/mol. The second-order valence-corrected chi connectivity index (χ2v) is 6.90. The van der Waals surface area contributed by atoms with Crippen molar-refractivity contribution < 1.29 is 5.11 Å². The summed E-state index contributed by atoms with van der Waals surface area (Å²) < 4.78 is 0. The summed E-state index contributed by atoms with van der Waals surface area (Å²) in [4.78, 5) is 0. The Morgan fingerprint density at radius 1 is 1.00 bits per heavy atom. The van der Waals surface area contributed by atoms with E-state index < -0.39 is 0 Å². The highest BCUT2D eigenvalue weighted by molar-refractivity contribution is 5.89. The van der Waals surface area contributed by atoms with Crippen LogP contribution in [0, 0.1) is 6.92 Å². The van der Waals surface area contributed by atoms with Crippen LogP contribution in [0.4, 0.5) is 11.4 Å². The van der Waals surface area contributed by atoms with Crippen LogP contribution in [-0.4, -0.2) is 18.3 Å². The maximum Gasteiger partial charge on any atom is 0.0604 e. The summed E-state index contributed by atoms with van der Waals surface area (Å²) >= 11 is 0. The predicted molar refractivity (Wildman–Crippen MR) is 111 cm³/mol. The van der Waals surface area contributed by atoms with Crippen LogP contribution < -0.4 is 10.6 Å². The van der Waals surface area contributed by atoms with Gasteiger partial charge in [-0.2, -0.15) is 0 Å². The van der Waals surface area contributed by atoms with Crippen LogP contribution in [0.15, 0.2) is 60.7 Å². The molecule has 1 atom stereocenters. The van der Waals surface area contributed by atoms with Crippen molar-refractivity contribution in [3.8, 4) is 0 Å². The molecule has 0 saturated carbocycles. The SMILES string of the molecule is Cc1cccc(NC2CC=Cc3cc4ccc(NCCO)cc4cc32)c1. The average Bonchev–Trinajstić information content (AvgIpc) is 2.65. The van der Waals surface area contributed by atoms with Crippen molar-refractivity contribution in [1.82, 2.24) is 0 Å². The Balaban J connectivity index is 1.69. The molecule has 0 saturated heterocycles. The molecular weight excluding hydrogens is 320 g/mol. The van der Waals surface area contributed by atoms with E-state index in [1.165, 1.54) is 27.5 Å². The van der Waals surface area contributed by atoms with E-state index in [2.05, 4.69) is 84.3 Å². The van der Waals surface area contributed by atoms with E-state index >= 15 is 0 Å². The topological polar surface area (TPSA) is 44.3 Å². The molecule has 3 N–H and O–H groups in total. The molecule has 0 spiro atoms. The highest BCUT2D eigenvalue weighted by Crippen LogP contribution is 2.34. The Hall–Kier alpha value is -2.78. The zero-order chi connectivity index (χ0) is 17.9. The molecule has 0 aromatic heterocycles. The molecule has 0 aliphatic heterocycles. The van der Waals surface area contributed by atoms with Crippen LogP contribution in [0.5, 0.6) is 0 Å². The first-order valence-corrected chi connectivity index (χ1v) is 9.15. The fourth-order valence-corrected chi connectivity index (χ4v) is 3.62. The van der Waals surface area contributed by atoms with Crippen molar-refractivity contribution in [1.29, 1.82) is 0 Å². The van der Waals surface area contributed by atoms with Crippen molar-refractivity contribution in [2.75, 3.05) is 23.8 Å². The Kier molecular flexibility index (Phi) is 4.63. The van der Waals surface area contributed by atoms with Gasteiger partial charge in [0.2, 0.25) is 0 Å². The van der Waals surface area contributed by atoms with Crippen molar-refractivity contribution in [3.63, 3.8) is 0 Å². The first-order chi connectivity index (χ1) is 12.7. The molecule has 1 unspecified atom stereocenters. The normalized spacial score (nSPS) is 15.7. The minimum atomic E-state index is 0.134. The number of aliphatic hydroxyl groups excluding tert-OH is 1. The summed E-state index contributed by atoms with van der Waals surface area (Å²) in [7, 11) is 0. The van der Waals surface area contributed by atoms with Gasteiger partial charge in [-0.15, -0.1) is 0 Å². The van der Waals surface area contributed by atoms with Gasteiger partial charge < -0.3 is 15.7 Å². The van der Waals surface area contributed by atoms with E-state index in [4.69, 9.17) is 5.11 Å². The van der Waals surface area contributed by atoms with E-state index in [1.807, 2.05) is 0 Å². The van der Waals surface area contributed by atoms with Gasteiger partial charge in [-0.25, -0.2) is 0 Å². The molecule has 4 rings (SSSR count). The van der Waals surface area contributed by atoms with Gasteiger partial charge in [0, 0.05) is 17.9 Å². The molecule has 132 valence electrons.